The Bertz CT molecular complexity index is 864. The molecule has 1 fully saturated rings. The van der Waals surface area contributed by atoms with Crippen LogP contribution in [0.3, 0.4) is 0 Å². The van der Waals surface area contributed by atoms with E-state index in [9.17, 15) is 9.59 Å². The standard InChI is InChI=1S/C25H33N3O4/c1-2-3-4-5-15-32-23-11-9-21(10-12-23)24(29)26-27-25(30)22-8-6-7-20(18-22)19-28-13-16-31-17-14-28/h6-12,18H,2-5,13-17,19H2,1H3,(H,26,29)(H,27,30). The van der Waals surface area contributed by atoms with Crippen molar-refractivity contribution in [1.29, 1.82) is 0 Å². The number of nitrogens with zero attached hydrogens (tertiary/aromatic N) is 1. The molecule has 1 saturated heterocycles. The molecule has 0 bridgehead atoms. The second kappa shape index (κ2) is 12.8. The number of hydrogen-bond donors (Lipinski definition) is 2. The maximum Gasteiger partial charge on any atom is 0.269 e. The van der Waals surface area contributed by atoms with Crippen LogP contribution in [0.4, 0.5) is 0 Å². The highest BCUT2D eigenvalue weighted by Gasteiger charge is 2.13. The van der Waals surface area contributed by atoms with E-state index in [0.717, 1.165) is 57.0 Å². The normalized spacial score (nSPS) is 14.0. The molecule has 1 aliphatic heterocycles. The van der Waals surface area contributed by atoms with Crippen LogP contribution in [0.1, 0.15) is 58.9 Å². The van der Waals surface area contributed by atoms with E-state index < -0.39 is 0 Å². The van der Waals surface area contributed by atoms with Gasteiger partial charge >= 0.3 is 0 Å². The van der Waals surface area contributed by atoms with Gasteiger partial charge in [0.05, 0.1) is 19.8 Å². The molecule has 32 heavy (non-hydrogen) atoms. The molecule has 0 atom stereocenters. The maximum absolute atomic E-state index is 12.5. The zero-order valence-electron chi connectivity index (χ0n) is 18.8. The SMILES string of the molecule is CCCCCCOc1ccc(C(=O)NNC(=O)c2cccc(CN3CCOCC3)c2)cc1. The summed E-state index contributed by atoms with van der Waals surface area (Å²) in [5.41, 5.74) is 6.97. The Balaban J connectivity index is 1.45. The second-order valence-electron chi connectivity index (χ2n) is 7.93. The van der Waals surface area contributed by atoms with Gasteiger partial charge in [-0.15, -0.1) is 0 Å². The Morgan fingerprint density at radius 1 is 0.938 bits per heavy atom. The molecule has 2 aromatic rings. The predicted octanol–water partition coefficient (Wildman–Crippen LogP) is 3.55. The van der Waals surface area contributed by atoms with E-state index in [-0.39, 0.29) is 11.8 Å². The Morgan fingerprint density at radius 2 is 1.66 bits per heavy atom. The largest absolute Gasteiger partial charge is 0.494 e. The lowest BCUT2D eigenvalue weighted by Gasteiger charge is -2.26. The van der Waals surface area contributed by atoms with E-state index >= 15 is 0 Å². The number of ether oxygens (including phenoxy) is 2. The number of benzene rings is 2. The van der Waals surface area contributed by atoms with E-state index in [1.807, 2.05) is 18.2 Å². The van der Waals surface area contributed by atoms with E-state index in [0.29, 0.717) is 17.7 Å². The number of amides is 2. The van der Waals surface area contributed by atoms with Crippen molar-refractivity contribution in [3.05, 3.63) is 65.2 Å². The Hall–Kier alpha value is -2.90. The average molecular weight is 440 g/mol. The molecule has 0 radical (unpaired) electrons. The molecular formula is C25H33N3O4. The van der Waals surface area contributed by atoms with Gasteiger partial charge in [0.2, 0.25) is 0 Å². The summed E-state index contributed by atoms with van der Waals surface area (Å²) in [6.07, 6.45) is 4.59. The first-order chi connectivity index (χ1) is 15.7. The van der Waals surface area contributed by atoms with Gasteiger partial charge in [0.1, 0.15) is 5.75 Å². The van der Waals surface area contributed by atoms with Crippen LogP contribution >= 0.6 is 0 Å². The van der Waals surface area contributed by atoms with Crippen LogP contribution in [0.2, 0.25) is 0 Å². The number of carbonyl (C=O) groups is 2. The smallest absolute Gasteiger partial charge is 0.269 e. The van der Waals surface area contributed by atoms with Crippen molar-refractivity contribution in [2.75, 3.05) is 32.9 Å². The predicted molar refractivity (Wildman–Crippen MR) is 124 cm³/mol. The molecule has 3 rings (SSSR count). The fourth-order valence-electron chi connectivity index (χ4n) is 3.51. The lowest BCUT2D eigenvalue weighted by Crippen LogP contribution is -2.41. The summed E-state index contributed by atoms with van der Waals surface area (Å²) in [5.74, 6) is 0.00527. The third kappa shape index (κ3) is 7.66. The molecule has 1 heterocycles. The lowest BCUT2D eigenvalue weighted by atomic mass is 10.1. The molecule has 2 aromatic carbocycles. The number of nitrogens with one attached hydrogen (secondary N) is 2. The Kier molecular flexibility index (Phi) is 9.53. The number of rotatable bonds is 10. The zero-order chi connectivity index (χ0) is 22.6. The minimum absolute atomic E-state index is 0.353. The Labute approximate surface area is 190 Å². The molecule has 0 aromatic heterocycles. The average Bonchev–Trinajstić information content (AvgIpc) is 2.83. The molecular weight excluding hydrogens is 406 g/mol. The number of hydrogen-bond acceptors (Lipinski definition) is 5. The highest BCUT2D eigenvalue weighted by Crippen LogP contribution is 2.13. The number of hydrazine groups is 1. The van der Waals surface area contributed by atoms with Crippen molar-refractivity contribution >= 4 is 11.8 Å². The monoisotopic (exact) mass is 439 g/mol. The maximum atomic E-state index is 12.5. The van der Waals surface area contributed by atoms with Crippen molar-refractivity contribution in [2.24, 2.45) is 0 Å². The first kappa shape index (κ1) is 23.8. The first-order valence-corrected chi connectivity index (χ1v) is 11.4. The van der Waals surface area contributed by atoms with Crippen molar-refractivity contribution in [1.82, 2.24) is 15.8 Å². The van der Waals surface area contributed by atoms with Crippen LogP contribution in [0.5, 0.6) is 5.75 Å². The number of carbonyl (C=O) groups excluding carboxylic acids is 2. The van der Waals surface area contributed by atoms with Crippen LogP contribution in [0, 0.1) is 0 Å². The van der Waals surface area contributed by atoms with Crippen molar-refractivity contribution < 1.29 is 19.1 Å². The highest BCUT2D eigenvalue weighted by atomic mass is 16.5. The summed E-state index contributed by atoms with van der Waals surface area (Å²) >= 11 is 0. The van der Waals surface area contributed by atoms with Crippen molar-refractivity contribution in [3.63, 3.8) is 0 Å². The summed E-state index contributed by atoms with van der Waals surface area (Å²) in [4.78, 5) is 27.2. The summed E-state index contributed by atoms with van der Waals surface area (Å²) < 4.78 is 11.1. The molecule has 0 unspecified atom stereocenters. The molecule has 7 heteroatoms. The van der Waals surface area contributed by atoms with Gasteiger partial charge in [0.15, 0.2) is 0 Å². The summed E-state index contributed by atoms with van der Waals surface area (Å²) in [6.45, 7) is 6.85. The second-order valence-corrected chi connectivity index (χ2v) is 7.93. The van der Waals surface area contributed by atoms with E-state index in [4.69, 9.17) is 9.47 Å². The Morgan fingerprint density at radius 3 is 2.38 bits per heavy atom. The van der Waals surface area contributed by atoms with Crippen LogP contribution < -0.4 is 15.6 Å². The van der Waals surface area contributed by atoms with Gasteiger partial charge in [-0.1, -0.05) is 38.3 Å². The van der Waals surface area contributed by atoms with Gasteiger partial charge in [-0.3, -0.25) is 25.3 Å². The highest BCUT2D eigenvalue weighted by molar-refractivity contribution is 5.99. The molecule has 0 saturated carbocycles. The molecule has 1 aliphatic rings. The van der Waals surface area contributed by atoms with Crippen molar-refractivity contribution in [2.45, 2.75) is 39.2 Å². The van der Waals surface area contributed by atoms with E-state index in [1.165, 1.54) is 12.8 Å². The first-order valence-electron chi connectivity index (χ1n) is 11.4. The van der Waals surface area contributed by atoms with Crippen LogP contribution in [0.15, 0.2) is 48.5 Å². The molecule has 7 nitrogen and oxygen atoms in total. The van der Waals surface area contributed by atoms with Gasteiger partial charge in [0.25, 0.3) is 11.8 Å². The quantitative estimate of drug-likeness (QED) is 0.437. The van der Waals surface area contributed by atoms with Crippen LogP contribution in [-0.4, -0.2) is 49.6 Å². The molecule has 0 aliphatic carbocycles. The molecule has 172 valence electrons. The summed E-state index contributed by atoms with van der Waals surface area (Å²) in [7, 11) is 0. The number of morpholine rings is 1. The molecule has 2 amide bonds. The van der Waals surface area contributed by atoms with E-state index in [2.05, 4.69) is 22.7 Å². The molecule has 0 spiro atoms. The topological polar surface area (TPSA) is 79.9 Å². The van der Waals surface area contributed by atoms with Gasteiger partial charge in [-0.25, -0.2) is 0 Å². The fraction of sp³-hybridized carbons (Fsp3) is 0.440. The van der Waals surface area contributed by atoms with E-state index in [1.54, 1.807) is 30.3 Å². The van der Waals surface area contributed by atoms with Gasteiger partial charge in [-0.2, -0.15) is 0 Å². The fourth-order valence-corrected chi connectivity index (χ4v) is 3.51. The van der Waals surface area contributed by atoms with Crippen LogP contribution in [-0.2, 0) is 11.3 Å². The molecule has 2 N–H and O–H groups in total. The third-order valence-electron chi connectivity index (χ3n) is 5.37. The number of unbranched alkanes of at least 4 members (excludes halogenated alkanes) is 3. The van der Waals surface area contributed by atoms with Gasteiger partial charge in [0, 0.05) is 30.8 Å². The van der Waals surface area contributed by atoms with Gasteiger partial charge < -0.3 is 9.47 Å². The van der Waals surface area contributed by atoms with Gasteiger partial charge in [-0.05, 0) is 48.4 Å². The van der Waals surface area contributed by atoms with Crippen LogP contribution in [0.25, 0.3) is 0 Å². The summed E-state index contributed by atoms with van der Waals surface area (Å²) in [6, 6.07) is 14.3. The zero-order valence-corrected chi connectivity index (χ0v) is 18.8. The minimum Gasteiger partial charge on any atom is -0.494 e. The minimum atomic E-state index is -0.377. The lowest BCUT2D eigenvalue weighted by molar-refractivity contribution is 0.0342. The third-order valence-corrected chi connectivity index (χ3v) is 5.37. The van der Waals surface area contributed by atoms with Crippen molar-refractivity contribution in [3.8, 4) is 5.75 Å². The summed E-state index contributed by atoms with van der Waals surface area (Å²) in [5, 5.41) is 0.